The minimum atomic E-state index is 0.622. The van der Waals surface area contributed by atoms with Crippen molar-refractivity contribution in [2.75, 3.05) is 9.80 Å². The Morgan fingerprint density at radius 3 is 1.96 bits per heavy atom. The first-order valence-electron chi connectivity index (χ1n) is 15.7. The van der Waals surface area contributed by atoms with Gasteiger partial charge in [-0.3, -0.25) is 4.90 Å². The quantitative estimate of drug-likeness (QED) is 0.139. The number of allylic oxidation sites excluding steroid dienone is 3. The summed E-state index contributed by atoms with van der Waals surface area (Å²) in [7, 11) is 0. The van der Waals surface area contributed by atoms with E-state index >= 15 is 0 Å². The van der Waals surface area contributed by atoms with Crippen LogP contribution in [-0.2, 0) is 0 Å². The lowest BCUT2D eigenvalue weighted by Crippen LogP contribution is -2.15. The van der Waals surface area contributed by atoms with Crippen molar-refractivity contribution in [3.05, 3.63) is 174 Å². The van der Waals surface area contributed by atoms with Crippen LogP contribution in [0.5, 0.6) is 0 Å². The molecule has 7 rings (SSSR count). The van der Waals surface area contributed by atoms with E-state index in [4.69, 9.17) is 0 Å². The first-order valence-corrected chi connectivity index (χ1v) is 15.7. The second kappa shape index (κ2) is 15.6. The Kier molecular flexibility index (Phi) is 10.6. The molecule has 0 N–H and O–H groups in total. The highest BCUT2D eigenvalue weighted by Gasteiger charge is 2.18. The highest BCUT2D eigenvalue weighted by atomic mass is 15.1. The van der Waals surface area contributed by atoms with E-state index in [-0.39, 0.29) is 0 Å². The van der Waals surface area contributed by atoms with Gasteiger partial charge in [0, 0.05) is 35.1 Å². The van der Waals surface area contributed by atoms with Crippen LogP contribution in [0.15, 0.2) is 158 Å². The molecular weight excluding hydrogens is 573 g/mol. The van der Waals surface area contributed by atoms with Crippen molar-refractivity contribution >= 4 is 51.3 Å². The summed E-state index contributed by atoms with van der Waals surface area (Å²) in [5.74, 6) is 0. The molecule has 0 fully saturated rings. The van der Waals surface area contributed by atoms with Crippen LogP contribution in [0.3, 0.4) is 0 Å². The van der Waals surface area contributed by atoms with Gasteiger partial charge in [0.25, 0.3) is 0 Å². The molecule has 0 heterocycles. The summed E-state index contributed by atoms with van der Waals surface area (Å²) in [6, 6.07) is 44.3. The van der Waals surface area contributed by atoms with Gasteiger partial charge in [-0.1, -0.05) is 118 Å². The summed E-state index contributed by atoms with van der Waals surface area (Å²) < 4.78 is 0. The fourth-order valence-corrected chi connectivity index (χ4v) is 5.59. The molecule has 1 aliphatic carbocycles. The van der Waals surface area contributed by atoms with Gasteiger partial charge in [-0.25, -0.2) is 0 Å². The summed E-state index contributed by atoms with van der Waals surface area (Å²) >= 11 is 0. The molecule has 6 aromatic carbocycles. The highest BCUT2D eigenvalue weighted by molar-refractivity contribution is 6.17. The van der Waals surface area contributed by atoms with E-state index in [0.717, 1.165) is 61.5 Å². The highest BCUT2D eigenvalue weighted by Crippen LogP contribution is 2.37. The van der Waals surface area contributed by atoms with Crippen molar-refractivity contribution in [2.24, 2.45) is 0 Å². The summed E-state index contributed by atoms with van der Waals surface area (Å²) in [4.78, 5) is 3.83. The van der Waals surface area contributed by atoms with Crippen LogP contribution >= 0.6 is 0 Å². The zero-order valence-corrected chi connectivity index (χ0v) is 26.7. The number of anilines is 3. The molecule has 0 bridgehead atoms. The maximum atomic E-state index is 10.1. The molecule has 4 nitrogen and oxygen atoms in total. The lowest BCUT2D eigenvalue weighted by Gasteiger charge is -2.22. The fourth-order valence-electron chi connectivity index (χ4n) is 5.59. The normalized spacial score (nSPS) is 11.5. The van der Waals surface area contributed by atoms with Gasteiger partial charge in [-0.2, -0.15) is 10.5 Å². The van der Waals surface area contributed by atoms with Crippen LogP contribution in [0.25, 0.3) is 34.2 Å². The predicted molar refractivity (Wildman–Crippen MR) is 199 cm³/mol. The van der Waals surface area contributed by atoms with Crippen molar-refractivity contribution in [2.45, 2.75) is 20.3 Å². The molecular formula is C43H36N4. The van der Waals surface area contributed by atoms with Crippen molar-refractivity contribution in [3.8, 4) is 12.3 Å². The largest absolute Gasteiger partial charge is 0.317 e. The summed E-state index contributed by atoms with van der Waals surface area (Å²) in [5.41, 5.74) is 5.46. The number of para-hydroxylation sites is 1. The Morgan fingerprint density at radius 1 is 0.702 bits per heavy atom. The molecule has 0 radical (unpaired) electrons. The molecule has 228 valence electrons. The Hall–Kier alpha value is -6.36. The maximum absolute atomic E-state index is 10.1. The molecule has 0 atom stereocenters. The Bertz CT molecular complexity index is 2140. The zero-order valence-electron chi connectivity index (χ0n) is 26.7. The molecule has 0 amide bonds. The van der Waals surface area contributed by atoms with Gasteiger partial charge in [-0.05, 0) is 81.6 Å². The third-order valence-electron chi connectivity index (χ3n) is 7.77. The number of hydrogen-bond donors (Lipinski definition) is 0. The van der Waals surface area contributed by atoms with E-state index in [1.807, 2.05) is 111 Å². The summed E-state index contributed by atoms with van der Waals surface area (Å²) in [6.45, 7) is 8.37. The Balaban J connectivity index is 0.000000482. The average molecular weight is 609 g/mol. The van der Waals surface area contributed by atoms with Crippen LogP contribution in [0.2, 0.25) is 0 Å². The molecule has 0 aromatic heterocycles. The van der Waals surface area contributed by atoms with Crippen molar-refractivity contribution in [1.82, 2.24) is 0 Å². The van der Waals surface area contributed by atoms with Gasteiger partial charge in [0.1, 0.15) is 0 Å². The minimum absolute atomic E-state index is 0.622. The van der Waals surface area contributed by atoms with Gasteiger partial charge in [0.2, 0.25) is 0 Å². The van der Waals surface area contributed by atoms with Crippen LogP contribution in [0.1, 0.15) is 31.4 Å². The van der Waals surface area contributed by atoms with Crippen LogP contribution in [0.4, 0.5) is 17.1 Å². The standard InChI is InChI=1S/C35H24N4.C6H6.C2H6/c1-25-11-14-27-16-20-33(39(24-37)30-9-5-6-10-30)32-19-15-28(34(25)35(27)32)21-22-38(29-7-3-2-4-8-29)31-17-12-26(23-36)13-18-31;1-2-4-6-5-3-1;1-2/h2-9,11-22H,1,10H2;1-6H;1-2H3/b22-21-;;. The number of hydrogen-bond acceptors (Lipinski definition) is 4. The molecule has 0 unspecified atom stereocenters. The van der Waals surface area contributed by atoms with Gasteiger partial charge < -0.3 is 4.90 Å². The number of benzene rings is 6. The third kappa shape index (κ3) is 7.15. The van der Waals surface area contributed by atoms with Gasteiger partial charge in [0.15, 0.2) is 6.19 Å². The SMILES string of the molecule is C=c1ccc2ccc(N(C#N)C3=CC=CC3)c3ccc(/C=C\N(c4ccccc4)c4ccc(C#N)cc4)c1c23.CC.c1ccccc1. The van der Waals surface area contributed by atoms with E-state index < -0.39 is 0 Å². The van der Waals surface area contributed by atoms with E-state index in [1.54, 1.807) is 4.90 Å². The fraction of sp³-hybridized carbons (Fsp3) is 0.0698. The van der Waals surface area contributed by atoms with Crippen LogP contribution in [-0.4, -0.2) is 0 Å². The smallest absolute Gasteiger partial charge is 0.189 e. The van der Waals surface area contributed by atoms with E-state index in [2.05, 4.69) is 84.6 Å². The lowest BCUT2D eigenvalue weighted by atomic mass is 9.94. The lowest BCUT2D eigenvalue weighted by molar-refractivity contribution is 1.11. The predicted octanol–water partition coefficient (Wildman–Crippen LogP) is 10.6. The molecule has 0 saturated heterocycles. The maximum Gasteiger partial charge on any atom is 0.189 e. The molecule has 4 heteroatoms. The second-order valence-corrected chi connectivity index (χ2v) is 10.5. The molecule has 47 heavy (non-hydrogen) atoms. The molecule has 0 aliphatic heterocycles. The molecule has 1 aliphatic rings. The van der Waals surface area contributed by atoms with E-state index in [9.17, 15) is 10.5 Å². The topological polar surface area (TPSA) is 54.1 Å². The van der Waals surface area contributed by atoms with Crippen LogP contribution in [0, 0.1) is 22.8 Å². The monoisotopic (exact) mass is 608 g/mol. The molecule has 0 saturated carbocycles. The van der Waals surface area contributed by atoms with Crippen molar-refractivity contribution < 1.29 is 0 Å². The van der Waals surface area contributed by atoms with Gasteiger partial charge >= 0.3 is 0 Å². The zero-order chi connectivity index (χ0) is 33.0. The number of nitriles is 2. The summed E-state index contributed by atoms with van der Waals surface area (Å²) in [6.07, 6.45) is 13.3. The Labute approximate surface area is 277 Å². The van der Waals surface area contributed by atoms with Crippen molar-refractivity contribution in [1.29, 1.82) is 10.5 Å². The number of nitrogens with zero attached hydrogens (tertiary/aromatic N) is 4. The molecule has 0 spiro atoms. The van der Waals surface area contributed by atoms with Gasteiger partial charge in [-0.15, -0.1) is 0 Å². The Morgan fingerprint density at radius 2 is 1.34 bits per heavy atom. The van der Waals surface area contributed by atoms with E-state index in [1.165, 1.54) is 0 Å². The van der Waals surface area contributed by atoms with Crippen molar-refractivity contribution in [3.63, 3.8) is 0 Å². The summed E-state index contributed by atoms with van der Waals surface area (Å²) in [5, 5.41) is 24.5. The van der Waals surface area contributed by atoms with Gasteiger partial charge in [0.05, 0.1) is 17.3 Å². The van der Waals surface area contributed by atoms with Crippen LogP contribution < -0.4 is 15.0 Å². The minimum Gasteiger partial charge on any atom is -0.317 e. The second-order valence-electron chi connectivity index (χ2n) is 10.5. The number of rotatable bonds is 6. The average Bonchev–Trinajstić information content (AvgIpc) is 3.68. The first-order chi connectivity index (χ1) is 23.2. The molecule has 6 aromatic rings. The third-order valence-corrected chi connectivity index (χ3v) is 7.77. The van der Waals surface area contributed by atoms with E-state index in [0.29, 0.717) is 5.56 Å². The first kappa shape index (κ1) is 32.0.